The number of unbranched alkanes of at least 4 members (excludes halogenated alkanes) is 3. The van der Waals surface area contributed by atoms with Crippen LogP contribution in [0.5, 0.6) is 0 Å². The normalized spacial score (nSPS) is 10.7. The van der Waals surface area contributed by atoms with Gasteiger partial charge in [0.25, 0.3) is 0 Å². The van der Waals surface area contributed by atoms with Crippen LogP contribution in [0.1, 0.15) is 25.7 Å². The summed E-state index contributed by atoms with van der Waals surface area (Å²) in [5.41, 5.74) is 0. The van der Waals surface area contributed by atoms with E-state index in [4.69, 9.17) is 0 Å². The molecular weight excluding hydrogens is 214 g/mol. The summed E-state index contributed by atoms with van der Waals surface area (Å²) in [6.45, 7) is 0. The largest absolute Gasteiger partial charge is 0.244 e. The third-order valence-electron chi connectivity index (χ3n) is 1.95. The molecule has 80 valence electrons. The van der Waals surface area contributed by atoms with Crippen molar-refractivity contribution >= 4 is 24.4 Å². The van der Waals surface area contributed by atoms with Crippen LogP contribution in [0.3, 0.4) is 0 Å². The van der Waals surface area contributed by atoms with E-state index in [9.17, 15) is 0 Å². The minimum Gasteiger partial charge on any atom is -0.244 e. The average molecular weight is 231 g/mol. The molecule has 1 heterocycles. The minimum absolute atomic E-state index is 1.01. The second kappa shape index (κ2) is 7.17. The van der Waals surface area contributed by atoms with Crippen molar-refractivity contribution in [3.63, 3.8) is 0 Å². The number of aromatic nitrogens is 3. The summed E-state index contributed by atoms with van der Waals surface area (Å²) < 4.78 is 1.82. The Labute approximate surface area is 95.1 Å². The zero-order valence-corrected chi connectivity index (χ0v) is 10.2. The molecule has 1 aromatic heterocycles. The second-order valence-electron chi connectivity index (χ2n) is 3.15. The first kappa shape index (κ1) is 11.9. The summed E-state index contributed by atoms with van der Waals surface area (Å²) in [6, 6.07) is 0. The lowest BCUT2D eigenvalue weighted by molar-refractivity contribution is 0.681. The maximum absolute atomic E-state index is 4.18. The Bertz CT molecular complexity index is 250. The van der Waals surface area contributed by atoms with Gasteiger partial charge in [-0.1, -0.05) is 24.6 Å². The molecule has 0 bridgehead atoms. The molecule has 3 nitrogen and oxygen atoms in total. The molecule has 0 atom stereocenters. The molecule has 1 rings (SSSR count). The standard InChI is InChI=1S/C9H17N3S2/c1-12-9(10-8-11-12)14-7-5-3-2-4-6-13/h8,13H,2-7H2,1H3. The van der Waals surface area contributed by atoms with Gasteiger partial charge in [0.1, 0.15) is 6.33 Å². The molecule has 0 saturated heterocycles. The van der Waals surface area contributed by atoms with E-state index in [1.54, 1.807) is 18.1 Å². The van der Waals surface area contributed by atoms with Gasteiger partial charge in [0.05, 0.1) is 0 Å². The molecule has 0 aliphatic heterocycles. The highest BCUT2D eigenvalue weighted by atomic mass is 32.2. The smallest absolute Gasteiger partial charge is 0.185 e. The van der Waals surface area contributed by atoms with Crippen LogP contribution < -0.4 is 0 Å². The van der Waals surface area contributed by atoms with Crippen molar-refractivity contribution in [2.75, 3.05) is 11.5 Å². The maximum atomic E-state index is 4.18. The maximum Gasteiger partial charge on any atom is 0.185 e. The first-order chi connectivity index (χ1) is 6.84. The van der Waals surface area contributed by atoms with Crippen LogP contribution in [0.4, 0.5) is 0 Å². The molecule has 0 aliphatic carbocycles. The summed E-state index contributed by atoms with van der Waals surface area (Å²) in [4.78, 5) is 4.15. The van der Waals surface area contributed by atoms with Gasteiger partial charge in [0.2, 0.25) is 0 Å². The van der Waals surface area contributed by atoms with Gasteiger partial charge in [-0.05, 0) is 18.6 Å². The molecule has 0 fully saturated rings. The number of hydrogen-bond acceptors (Lipinski definition) is 4. The third-order valence-corrected chi connectivity index (χ3v) is 3.39. The Kier molecular flexibility index (Phi) is 6.10. The Hall–Kier alpha value is -0.160. The van der Waals surface area contributed by atoms with Gasteiger partial charge in [-0.3, -0.25) is 0 Å². The zero-order valence-electron chi connectivity index (χ0n) is 8.52. The van der Waals surface area contributed by atoms with E-state index in [1.807, 2.05) is 11.7 Å². The number of nitrogens with zero attached hydrogens (tertiary/aromatic N) is 3. The number of thiol groups is 1. The molecule has 0 amide bonds. The van der Waals surface area contributed by atoms with Crippen LogP contribution in [0.15, 0.2) is 11.5 Å². The SMILES string of the molecule is Cn1ncnc1SCCCCCCS. The van der Waals surface area contributed by atoms with E-state index in [-0.39, 0.29) is 0 Å². The van der Waals surface area contributed by atoms with Gasteiger partial charge in [-0.2, -0.15) is 17.7 Å². The Morgan fingerprint density at radius 2 is 2.14 bits per heavy atom. The van der Waals surface area contributed by atoms with Crippen LogP contribution in [0.25, 0.3) is 0 Å². The van der Waals surface area contributed by atoms with Crippen molar-refractivity contribution in [2.24, 2.45) is 7.05 Å². The van der Waals surface area contributed by atoms with Crippen LogP contribution in [-0.2, 0) is 7.05 Å². The number of hydrogen-bond donors (Lipinski definition) is 1. The van der Waals surface area contributed by atoms with Crippen molar-refractivity contribution in [3.05, 3.63) is 6.33 Å². The first-order valence-corrected chi connectivity index (χ1v) is 6.54. The second-order valence-corrected chi connectivity index (χ2v) is 4.66. The fourth-order valence-electron chi connectivity index (χ4n) is 1.15. The number of thioether (sulfide) groups is 1. The van der Waals surface area contributed by atoms with Crippen molar-refractivity contribution in [3.8, 4) is 0 Å². The van der Waals surface area contributed by atoms with Crippen molar-refractivity contribution in [2.45, 2.75) is 30.8 Å². The summed E-state index contributed by atoms with van der Waals surface area (Å²) in [5.74, 6) is 2.15. The lowest BCUT2D eigenvalue weighted by atomic mass is 10.2. The molecule has 0 saturated carbocycles. The van der Waals surface area contributed by atoms with Gasteiger partial charge < -0.3 is 0 Å². The quantitative estimate of drug-likeness (QED) is 0.444. The molecular formula is C9H17N3S2. The fraction of sp³-hybridized carbons (Fsp3) is 0.778. The summed E-state index contributed by atoms with van der Waals surface area (Å²) in [6.07, 6.45) is 6.68. The van der Waals surface area contributed by atoms with Crippen molar-refractivity contribution in [1.82, 2.24) is 14.8 Å². The van der Waals surface area contributed by atoms with E-state index < -0.39 is 0 Å². The molecule has 0 aliphatic rings. The lowest BCUT2D eigenvalue weighted by Gasteiger charge is -2.00. The highest BCUT2D eigenvalue weighted by Crippen LogP contribution is 2.15. The molecule has 0 aromatic carbocycles. The van der Waals surface area contributed by atoms with E-state index >= 15 is 0 Å². The highest BCUT2D eigenvalue weighted by Gasteiger charge is 1.99. The Morgan fingerprint density at radius 1 is 1.36 bits per heavy atom. The Balaban J connectivity index is 2.02. The van der Waals surface area contributed by atoms with E-state index in [1.165, 1.54) is 25.7 Å². The number of rotatable bonds is 7. The van der Waals surface area contributed by atoms with Crippen LogP contribution in [-0.4, -0.2) is 26.3 Å². The first-order valence-electron chi connectivity index (χ1n) is 4.92. The van der Waals surface area contributed by atoms with Gasteiger partial charge >= 0.3 is 0 Å². The van der Waals surface area contributed by atoms with E-state index in [0.29, 0.717) is 0 Å². The minimum atomic E-state index is 1.01. The topological polar surface area (TPSA) is 30.7 Å². The van der Waals surface area contributed by atoms with Gasteiger partial charge in [0.15, 0.2) is 5.16 Å². The number of aryl methyl sites for hydroxylation is 1. The van der Waals surface area contributed by atoms with Gasteiger partial charge in [-0.25, -0.2) is 9.67 Å². The van der Waals surface area contributed by atoms with Crippen molar-refractivity contribution in [1.29, 1.82) is 0 Å². The molecule has 0 spiro atoms. The van der Waals surface area contributed by atoms with E-state index in [0.717, 1.165) is 16.7 Å². The molecule has 0 unspecified atom stereocenters. The zero-order chi connectivity index (χ0) is 10.2. The van der Waals surface area contributed by atoms with Gasteiger partial charge in [0, 0.05) is 12.8 Å². The average Bonchev–Trinajstić information content (AvgIpc) is 2.58. The summed E-state index contributed by atoms with van der Waals surface area (Å²) in [5, 5.41) is 5.03. The lowest BCUT2D eigenvalue weighted by Crippen LogP contribution is -1.93. The third kappa shape index (κ3) is 4.37. The summed E-state index contributed by atoms with van der Waals surface area (Å²) in [7, 11) is 1.93. The van der Waals surface area contributed by atoms with E-state index in [2.05, 4.69) is 22.7 Å². The predicted octanol–water partition coefficient (Wildman–Crippen LogP) is 2.40. The van der Waals surface area contributed by atoms with Crippen molar-refractivity contribution < 1.29 is 0 Å². The van der Waals surface area contributed by atoms with Crippen LogP contribution in [0, 0.1) is 0 Å². The van der Waals surface area contributed by atoms with Crippen LogP contribution >= 0.6 is 24.4 Å². The monoisotopic (exact) mass is 231 g/mol. The fourth-order valence-corrected chi connectivity index (χ4v) is 2.26. The van der Waals surface area contributed by atoms with Gasteiger partial charge in [-0.15, -0.1) is 0 Å². The highest BCUT2D eigenvalue weighted by molar-refractivity contribution is 7.99. The predicted molar refractivity (Wildman–Crippen MR) is 64.0 cm³/mol. The molecule has 14 heavy (non-hydrogen) atoms. The molecule has 5 heteroatoms. The summed E-state index contributed by atoms with van der Waals surface area (Å²) >= 11 is 5.96. The van der Waals surface area contributed by atoms with Crippen LogP contribution in [0.2, 0.25) is 0 Å². The molecule has 0 N–H and O–H groups in total. The molecule has 0 radical (unpaired) electrons. The molecule has 1 aromatic rings. The Morgan fingerprint density at radius 3 is 2.79 bits per heavy atom.